The van der Waals surface area contributed by atoms with Crippen LogP contribution in [0.4, 0.5) is 8.78 Å². The minimum absolute atomic E-state index is 0.145. The average molecular weight is 273 g/mol. The summed E-state index contributed by atoms with van der Waals surface area (Å²) in [4.78, 5) is 0. The number of halogens is 3. The summed E-state index contributed by atoms with van der Waals surface area (Å²) in [6, 6.07) is 3.28. The Labute approximate surface area is 93.4 Å². The van der Waals surface area contributed by atoms with Crippen LogP contribution < -0.4 is 0 Å². The molecule has 1 N–H and O–H groups in total. The maximum absolute atomic E-state index is 13.4. The van der Waals surface area contributed by atoms with E-state index in [1.165, 1.54) is 0 Å². The van der Waals surface area contributed by atoms with E-state index in [-0.39, 0.29) is 5.56 Å². The second-order valence-electron chi connectivity index (χ2n) is 3.14. The molecule has 2 nitrogen and oxygen atoms in total. The Morgan fingerprint density at radius 2 is 2.07 bits per heavy atom. The lowest BCUT2D eigenvalue weighted by Gasteiger charge is -2.00. The second kappa shape index (κ2) is 3.73. The van der Waals surface area contributed by atoms with E-state index in [0.29, 0.717) is 10.2 Å². The van der Waals surface area contributed by atoms with Crippen molar-refractivity contribution in [2.75, 3.05) is 0 Å². The maximum atomic E-state index is 13.4. The number of benzene rings is 1. The van der Waals surface area contributed by atoms with Gasteiger partial charge in [0.15, 0.2) is 0 Å². The van der Waals surface area contributed by atoms with Crippen LogP contribution in [0.5, 0.6) is 0 Å². The molecule has 0 saturated heterocycles. The topological polar surface area (TPSA) is 28.7 Å². The van der Waals surface area contributed by atoms with E-state index in [1.54, 1.807) is 6.92 Å². The van der Waals surface area contributed by atoms with Crippen molar-refractivity contribution >= 4 is 15.9 Å². The highest BCUT2D eigenvalue weighted by atomic mass is 79.9. The molecule has 0 amide bonds. The van der Waals surface area contributed by atoms with Crippen molar-refractivity contribution in [1.82, 2.24) is 10.2 Å². The highest BCUT2D eigenvalue weighted by Gasteiger charge is 2.14. The smallest absolute Gasteiger partial charge is 0.132 e. The molecule has 15 heavy (non-hydrogen) atoms. The van der Waals surface area contributed by atoms with Gasteiger partial charge in [0.2, 0.25) is 0 Å². The molecule has 0 aliphatic heterocycles. The minimum Gasteiger partial charge on any atom is -0.281 e. The van der Waals surface area contributed by atoms with Gasteiger partial charge in [-0.25, -0.2) is 8.78 Å². The Balaban J connectivity index is 2.63. The molecule has 0 spiro atoms. The summed E-state index contributed by atoms with van der Waals surface area (Å²) in [5, 5.41) is 6.61. The zero-order valence-electron chi connectivity index (χ0n) is 7.81. The summed E-state index contributed by atoms with van der Waals surface area (Å²) in [5.74, 6) is -0.984. The minimum atomic E-state index is -0.497. The Kier molecular flexibility index (Phi) is 2.56. The molecule has 0 aliphatic rings. The van der Waals surface area contributed by atoms with Crippen LogP contribution in [0.25, 0.3) is 11.3 Å². The van der Waals surface area contributed by atoms with E-state index >= 15 is 0 Å². The summed E-state index contributed by atoms with van der Waals surface area (Å²) in [7, 11) is 0. The van der Waals surface area contributed by atoms with Gasteiger partial charge in [0.1, 0.15) is 17.3 Å². The molecule has 0 fully saturated rings. The lowest BCUT2D eigenvalue weighted by atomic mass is 10.1. The van der Waals surface area contributed by atoms with E-state index in [2.05, 4.69) is 26.1 Å². The van der Waals surface area contributed by atoms with Crippen LogP contribution in [-0.4, -0.2) is 10.2 Å². The summed E-state index contributed by atoms with van der Waals surface area (Å²) < 4.78 is 27.0. The van der Waals surface area contributed by atoms with Crippen LogP contribution in [0.15, 0.2) is 22.7 Å². The fraction of sp³-hybridized carbons (Fsp3) is 0.100. The third kappa shape index (κ3) is 1.79. The van der Waals surface area contributed by atoms with Crippen LogP contribution >= 0.6 is 15.9 Å². The molecule has 5 heteroatoms. The molecule has 0 unspecified atom stereocenters. The van der Waals surface area contributed by atoms with Crippen molar-refractivity contribution < 1.29 is 8.78 Å². The molecule has 0 radical (unpaired) electrons. The third-order valence-electron chi connectivity index (χ3n) is 2.06. The summed E-state index contributed by atoms with van der Waals surface area (Å²) >= 11 is 3.26. The van der Waals surface area contributed by atoms with E-state index in [4.69, 9.17) is 0 Å². The lowest BCUT2D eigenvalue weighted by Crippen LogP contribution is -1.87. The molecule has 0 saturated carbocycles. The van der Waals surface area contributed by atoms with Gasteiger partial charge in [-0.15, -0.1) is 0 Å². The van der Waals surface area contributed by atoms with Crippen molar-refractivity contribution in [2.45, 2.75) is 6.92 Å². The molecule has 78 valence electrons. The first-order valence-electron chi connectivity index (χ1n) is 4.25. The fourth-order valence-corrected chi connectivity index (χ4v) is 1.66. The first-order chi connectivity index (χ1) is 7.09. The molecule has 1 aromatic heterocycles. The maximum Gasteiger partial charge on any atom is 0.132 e. The summed E-state index contributed by atoms with van der Waals surface area (Å²) in [6.45, 7) is 1.79. The van der Waals surface area contributed by atoms with Gasteiger partial charge in [0.25, 0.3) is 0 Å². The Hall–Kier alpha value is -1.23. The molecule has 1 aromatic carbocycles. The predicted molar refractivity (Wildman–Crippen MR) is 56.4 cm³/mol. The quantitative estimate of drug-likeness (QED) is 0.847. The standard InChI is InChI=1S/C10H7BrF2N2/c1-5-9(11)10(15-14-5)7-4-6(12)2-3-8(7)13/h2-4H,1H3,(H,14,15). The number of rotatable bonds is 1. The molecule has 2 aromatic rings. The zero-order valence-corrected chi connectivity index (χ0v) is 9.40. The van der Waals surface area contributed by atoms with Gasteiger partial charge in [-0.3, -0.25) is 5.10 Å². The number of nitrogens with zero attached hydrogens (tertiary/aromatic N) is 1. The highest BCUT2D eigenvalue weighted by molar-refractivity contribution is 9.10. The molecule has 0 bridgehead atoms. The largest absolute Gasteiger partial charge is 0.281 e. The molecule has 2 rings (SSSR count). The Morgan fingerprint density at radius 1 is 1.33 bits per heavy atom. The first-order valence-corrected chi connectivity index (χ1v) is 5.05. The van der Waals surface area contributed by atoms with Gasteiger partial charge in [-0.1, -0.05) is 0 Å². The summed E-state index contributed by atoms with van der Waals surface area (Å²) in [5.41, 5.74) is 1.30. The first kappa shape index (κ1) is 10.3. The number of hydrogen-bond donors (Lipinski definition) is 1. The van der Waals surface area contributed by atoms with Crippen molar-refractivity contribution in [1.29, 1.82) is 0 Å². The van der Waals surface area contributed by atoms with Gasteiger partial charge < -0.3 is 0 Å². The number of H-pyrrole nitrogens is 1. The number of aromatic amines is 1. The third-order valence-corrected chi connectivity index (χ3v) is 3.03. The van der Waals surface area contributed by atoms with Gasteiger partial charge in [-0.2, -0.15) is 5.10 Å². The van der Waals surface area contributed by atoms with E-state index in [1.807, 2.05) is 0 Å². The molecule has 0 atom stereocenters. The van der Waals surface area contributed by atoms with E-state index < -0.39 is 11.6 Å². The van der Waals surface area contributed by atoms with Crippen LogP contribution in [0.2, 0.25) is 0 Å². The molecule has 1 heterocycles. The monoisotopic (exact) mass is 272 g/mol. The van der Waals surface area contributed by atoms with Gasteiger partial charge in [0, 0.05) is 11.3 Å². The van der Waals surface area contributed by atoms with Crippen LogP contribution in [0.1, 0.15) is 5.69 Å². The number of aryl methyl sites for hydroxylation is 1. The second-order valence-corrected chi connectivity index (χ2v) is 3.93. The lowest BCUT2D eigenvalue weighted by molar-refractivity contribution is 0.602. The molecule has 0 aliphatic carbocycles. The van der Waals surface area contributed by atoms with Crippen LogP contribution in [0, 0.1) is 18.6 Å². The van der Waals surface area contributed by atoms with Crippen LogP contribution in [0.3, 0.4) is 0 Å². The Morgan fingerprint density at radius 3 is 2.67 bits per heavy atom. The van der Waals surface area contributed by atoms with Crippen molar-refractivity contribution in [2.24, 2.45) is 0 Å². The molecular weight excluding hydrogens is 266 g/mol. The van der Waals surface area contributed by atoms with E-state index in [0.717, 1.165) is 23.9 Å². The fourth-order valence-electron chi connectivity index (χ4n) is 1.27. The normalized spacial score (nSPS) is 10.7. The number of hydrogen-bond acceptors (Lipinski definition) is 1. The average Bonchev–Trinajstić information content (AvgIpc) is 2.52. The SMILES string of the molecule is Cc1[nH]nc(-c2cc(F)ccc2F)c1Br. The number of nitrogens with one attached hydrogen (secondary N) is 1. The van der Waals surface area contributed by atoms with Crippen molar-refractivity contribution in [3.63, 3.8) is 0 Å². The van der Waals surface area contributed by atoms with Gasteiger partial charge >= 0.3 is 0 Å². The summed E-state index contributed by atoms with van der Waals surface area (Å²) in [6.07, 6.45) is 0. The molecular formula is C10H7BrF2N2. The zero-order chi connectivity index (χ0) is 11.0. The highest BCUT2D eigenvalue weighted by Crippen LogP contribution is 2.30. The van der Waals surface area contributed by atoms with Crippen molar-refractivity contribution in [3.05, 3.63) is 40.0 Å². The van der Waals surface area contributed by atoms with Crippen molar-refractivity contribution in [3.8, 4) is 11.3 Å². The number of aromatic nitrogens is 2. The predicted octanol–water partition coefficient (Wildman–Crippen LogP) is 3.43. The van der Waals surface area contributed by atoms with E-state index in [9.17, 15) is 8.78 Å². The van der Waals surface area contributed by atoms with Gasteiger partial charge in [0.05, 0.1) is 4.47 Å². The Bertz CT molecular complexity index is 508. The van der Waals surface area contributed by atoms with Crippen LogP contribution in [-0.2, 0) is 0 Å². The van der Waals surface area contributed by atoms with Gasteiger partial charge in [-0.05, 0) is 41.1 Å².